The number of amides is 1. The number of allylic oxidation sites excluding steroid dienone is 1. The maximum Gasteiger partial charge on any atom is 0.416 e. The molecule has 1 amide bonds. The smallest absolute Gasteiger partial charge is 0.372 e. The van der Waals surface area contributed by atoms with Crippen LogP contribution in [0.3, 0.4) is 0 Å². The third-order valence-corrected chi connectivity index (χ3v) is 7.24. The predicted molar refractivity (Wildman–Crippen MR) is 151 cm³/mol. The topological polar surface area (TPSA) is 63.8 Å². The number of carbonyl (C=O) groups is 1. The van der Waals surface area contributed by atoms with E-state index < -0.39 is 41.0 Å². The molecule has 2 aromatic carbocycles. The molecule has 1 fully saturated rings. The predicted octanol–water partition coefficient (Wildman–Crippen LogP) is 5.83. The van der Waals surface area contributed by atoms with Crippen molar-refractivity contribution in [1.82, 2.24) is 25.2 Å². The molecule has 0 saturated carbocycles. The van der Waals surface area contributed by atoms with E-state index in [-0.39, 0.29) is 12.6 Å². The number of benzene rings is 2. The van der Waals surface area contributed by atoms with Crippen molar-refractivity contribution >= 4 is 16.8 Å². The van der Waals surface area contributed by atoms with Gasteiger partial charge in [0.2, 0.25) is 0 Å². The quantitative estimate of drug-likeness (QED) is 0.181. The fourth-order valence-electron chi connectivity index (χ4n) is 5.09. The summed E-state index contributed by atoms with van der Waals surface area (Å²) in [6.45, 7) is 5.61. The van der Waals surface area contributed by atoms with E-state index in [1.807, 2.05) is 68.3 Å². The van der Waals surface area contributed by atoms with Gasteiger partial charge in [0.15, 0.2) is 0 Å². The second-order valence-electron chi connectivity index (χ2n) is 11.1. The number of aryl methyl sites for hydroxylation is 1. The van der Waals surface area contributed by atoms with Gasteiger partial charge < -0.3 is 19.7 Å². The van der Waals surface area contributed by atoms with Crippen LogP contribution in [0.2, 0.25) is 0 Å². The Labute approximate surface area is 246 Å². The molecule has 2 N–H and O–H groups in total. The Balaban J connectivity index is 1.64. The number of H-pyrrole nitrogens is 1. The molecule has 1 saturated heterocycles. The summed E-state index contributed by atoms with van der Waals surface area (Å²) in [5.74, 6) is -0.886. The molecule has 7 nitrogen and oxygen atoms in total. The Morgan fingerprint density at radius 3 is 2.37 bits per heavy atom. The molecular weight excluding hydrogens is 576 g/mol. The third kappa shape index (κ3) is 8.23. The highest BCUT2D eigenvalue weighted by molar-refractivity contribution is 5.95. The highest BCUT2D eigenvalue weighted by Crippen LogP contribution is 2.37. The first-order chi connectivity index (χ1) is 20.1. The van der Waals surface area contributed by atoms with E-state index in [0.717, 1.165) is 22.0 Å². The molecule has 2 heterocycles. The van der Waals surface area contributed by atoms with Crippen molar-refractivity contribution in [2.24, 2.45) is 0 Å². The van der Waals surface area contributed by atoms with E-state index in [1.165, 1.54) is 4.90 Å². The minimum absolute atomic E-state index is 0.0294. The monoisotopic (exact) mass is 611 g/mol. The average Bonchev–Trinajstić information content (AvgIpc) is 3.31. The molecule has 1 atom stereocenters. The number of halogens is 6. The van der Waals surface area contributed by atoms with Gasteiger partial charge in [-0.15, -0.1) is 0 Å². The lowest BCUT2D eigenvalue weighted by Gasteiger charge is -2.41. The lowest BCUT2D eigenvalue weighted by molar-refractivity contribution is -0.143. The minimum Gasteiger partial charge on any atom is -0.372 e. The SMILES string of the molecule is CC(=CN1CCN(C(=O)c2cc(C(F)(F)F)cc(C(F)(F)F)c2)C(Cc2c[nH]c3ccc(C)cc23)C1)NOCCN(C)C. The number of alkyl halides is 6. The number of aromatic amines is 1. The summed E-state index contributed by atoms with van der Waals surface area (Å²) in [5, 5.41) is 0.936. The van der Waals surface area contributed by atoms with Crippen molar-refractivity contribution in [3.63, 3.8) is 0 Å². The first kappa shape index (κ1) is 32.2. The second kappa shape index (κ2) is 12.9. The number of nitrogens with one attached hydrogen (secondary N) is 2. The Morgan fingerprint density at radius 2 is 1.74 bits per heavy atom. The van der Waals surface area contributed by atoms with Gasteiger partial charge in [0.05, 0.1) is 29.5 Å². The molecule has 0 spiro atoms. The Kier molecular flexibility index (Phi) is 9.65. The summed E-state index contributed by atoms with van der Waals surface area (Å²) in [7, 11) is 3.84. The van der Waals surface area contributed by atoms with Crippen molar-refractivity contribution in [3.8, 4) is 0 Å². The molecule has 0 radical (unpaired) electrons. The van der Waals surface area contributed by atoms with Gasteiger partial charge in [-0.05, 0) is 70.3 Å². The van der Waals surface area contributed by atoms with Crippen LogP contribution >= 0.6 is 0 Å². The van der Waals surface area contributed by atoms with E-state index in [9.17, 15) is 31.1 Å². The molecule has 3 aromatic rings. The van der Waals surface area contributed by atoms with Gasteiger partial charge in [-0.1, -0.05) is 11.6 Å². The Bertz CT molecular complexity index is 1430. The highest BCUT2D eigenvalue weighted by atomic mass is 19.4. The molecule has 1 aliphatic rings. The molecule has 13 heteroatoms. The summed E-state index contributed by atoms with van der Waals surface area (Å²) in [6.07, 6.45) is -6.13. The van der Waals surface area contributed by atoms with Crippen LogP contribution in [-0.4, -0.2) is 78.5 Å². The van der Waals surface area contributed by atoms with Crippen LogP contribution in [0.4, 0.5) is 26.3 Å². The van der Waals surface area contributed by atoms with Crippen molar-refractivity contribution in [2.45, 2.75) is 38.7 Å². The lowest BCUT2D eigenvalue weighted by Crippen LogP contribution is -2.54. The number of hydrogen-bond acceptors (Lipinski definition) is 5. The van der Waals surface area contributed by atoms with E-state index in [0.29, 0.717) is 50.5 Å². The second-order valence-corrected chi connectivity index (χ2v) is 11.1. The first-order valence-electron chi connectivity index (χ1n) is 13.7. The molecule has 0 aliphatic carbocycles. The van der Waals surface area contributed by atoms with Gasteiger partial charge >= 0.3 is 12.4 Å². The van der Waals surface area contributed by atoms with Crippen LogP contribution in [0.1, 0.15) is 39.5 Å². The van der Waals surface area contributed by atoms with Crippen LogP contribution < -0.4 is 5.48 Å². The summed E-state index contributed by atoms with van der Waals surface area (Å²) in [4.78, 5) is 27.7. The van der Waals surface area contributed by atoms with Crippen molar-refractivity contribution < 1.29 is 36.0 Å². The summed E-state index contributed by atoms with van der Waals surface area (Å²) in [6, 6.07) is 6.35. The lowest BCUT2D eigenvalue weighted by atomic mass is 9.98. The van der Waals surface area contributed by atoms with E-state index in [1.54, 1.807) is 0 Å². The van der Waals surface area contributed by atoms with Gasteiger partial charge in [0.1, 0.15) is 0 Å². The fourth-order valence-corrected chi connectivity index (χ4v) is 5.09. The molecule has 0 bridgehead atoms. The molecule has 1 aromatic heterocycles. The maximum atomic E-state index is 13.7. The average molecular weight is 612 g/mol. The summed E-state index contributed by atoms with van der Waals surface area (Å²) >= 11 is 0. The summed E-state index contributed by atoms with van der Waals surface area (Å²) < 4.78 is 81.3. The zero-order valence-electron chi connectivity index (χ0n) is 24.4. The zero-order valence-corrected chi connectivity index (χ0v) is 24.4. The molecular formula is C30H35F6N5O2. The Hall–Kier alpha value is -3.71. The van der Waals surface area contributed by atoms with Gasteiger partial charge in [-0.3, -0.25) is 15.1 Å². The zero-order chi connectivity index (χ0) is 31.5. The van der Waals surface area contributed by atoms with Crippen LogP contribution in [-0.2, 0) is 23.6 Å². The number of piperazine rings is 1. The standard InChI is InChI=1S/C30H35F6N5O2/c1-19-5-6-27-26(11-19)22(16-37-27)14-25-18-40(17-20(2)38-43-10-9-39(3)4)7-8-41(25)28(42)21-12-23(29(31,32)33)15-24(13-21)30(34,35)36/h5-6,11-13,15-17,25,37-38H,7-10,14,18H2,1-4H3. The van der Waals surface area contributed by atoms with Gasteiger partial charge in [-0.25, -0.2) is 0 Å². The highest BCUT2D eigenvalue weighted by Gasteiger charge is 2.39. The van der Waals surface area contributed by atoms with Crippen molar-refractivity contribution in [1.29, 1.82) is 0 Å². The molecule has 43 heavy (non-hydrogen) atoms. The molecule has 4 rings (SSSR count). The van der Waals surface area contributed by atoms with E-state index in [2.05, 4.69) is 10.5 Å². The van der Waals surface area contributed by atoms with Gasteiger partial charge in [0.25, 0.3) is 5.91 Å². The molecule has 1 aliphatic heterocycles. The number of rotatable bonds is 9. The van der Waals surface area contributed by atoms with Crippen LogP contribution in [0, 0.1) is 6.92 Å². The normalized spacial score (nSPS) is 16.8. The molecule has 234 valence electrons. The van der Waals surface area contributed by atoms with Crippen LogP contribution in [0.25, 0.3) is 10.9 Å². The van der Waals surface area contributed by atoms with E-state index in [4.69, 9.17) is 4.84 Å². The number of fused-ring (bicyclic) bond motifs is 1. The first-order valence-corrected chi connectivity index (χ1v) is 13.7. The summed E-state index contributed by atoms with van der Waals surface area (Å²) in [5.41, 5.74) is 2.66. The number of aromatic nitrogens is 1. The fraction of sp³-hybridized carbons (Fsp3) is 0.433. The van der Waals surface area contributed by atoms with Crippen molar-refractivity contribution in [2.75, 3.05) is 46.9 Å². The van der Waals surface area contributed by atoms with Crippen molar-refractivity contribution in [3.05, 3.63) is 82.3 Å². The van der Waals surface area contributed by atoms with Crippen LogP contribution in [0.15, 0.2) is 54.5 Å². The van der Waals surface area contributed by atoms with Gasteiger partial charge in [-0.2, -0.15) is 26.3 Å². The largest absolute Gasteiger partial charge is 0.416 e. The molecule has 1 unspecified atom stereocenters. The number of nitrogens with zero attached hydrogens (tertiary/aromatic N) is 3. The van der Waals surface area contributed by atoms with E-state index >= 15 is 0 Å². The van der Waals surface area contributed by atoms with Crippen LogP contribution in [0.5, 0.6) is 0 Å². The minimum atomic E-state index is -5.06. The number of hydrogen-bond donors (Lipinski definition) is 2. The number of likely N-dealkylation sites (N-methyl/N-ethyl adjacent to an activating group) is 1. The van der Waals surface area contributed by atoms with Gasteiger partial charge in [0, 0.05) is 55.0 Å². The Morgan fingerprint density at radius 1 is 1.07 bits per heavy atom. The number of carbonyl (C=O) groups excluding carboxylic acids is 1. The third-order valence-electron chi connectivity index (χ3n) is 7.24. The number of hydroxylamine groups is 1. The maximum absolute atomic E-state index is 13.7.